The molecule has 122 valence electrons. The minimum absolute atomic E-state index is 0.0168. The number of urea groups is 1. The second-order valence-corrected chi connectivity index (χ2v) is 7.53. The number of anilines is 1. The van der Waals surface area contributed by atoms with Crippen LogP contribution >= 0.6 is 11.6 Å². The van der Waals surface area contributed by atoms with E-state index in [-0.39, 0.29) is 23.6 Å². The highest BCUT2D eigenvalue weighted by molar-refractivity contribution is 7.91. The van der Waals surface area contributed by atoms with E-state index in [2.05, 4.69) is 10.6 Å². The molecule has 0 spiro atoms. The Labute approximate surface area is 129 Å². The summed E-state index contributed by atoms with van der Waals surface area (Å²) in [5.74, 6) is -0.189. The van der Waals surface area contributed by atoms with E-state index in [1.54, 1.807) is 0 Å². The number of rotatable bonds is 2. The third-order valence-electron chi connectivity index (χ3n) is 3.10. The summed E-state index contributed by atoms with van der Waals surface area (Å²) < 4.78 is 60.6. The molecule has 0 radical (unpaired) electrons. The first-order chi connectivity index (χ1) is 10.1. The monoisotopic (exact) mass is 356 g/mol. The molecule has 1 aliphatic heterocycles. The lowest BCUT2D eigenvalue weighted by molar-refractivity contribution is -0.137. The van der Waals surface area contributed by atoms with Crippen LogP contribution in [0.4, 0.5) is 23.7 Å². The van der Waals surface area contributed by atoms with Crippen LogP contribution in [0.15, 0.2) is 18.2 Å². The molecule has 5 nitrogen and oxygen atoms in total. The molecule has 1 heterocycles. The van der Waals surface area contributed by atoms with Crippen LogP contribution in [0.5, 0.6) is 0 Å². The van der Waals surface area contributed by atoms with Crippen molar-refractivity contribution in [1.29, 1.82) is 0 Å². The summed E-state index contributed by atoms with van der Waals surface area (Å²) >= 11 is 5.47. The van der Waals surface area contributed by atoms with Gasteiger partial charge in [0.05, 0.1) is 22.1 Å². The molecule has 0 bridgehead atoms. The van der Waals surface area contributed by atoms with E-state index >= 15 is 0 Å². The number of hydrogen-bond donors (Lipinski definition) is 2. The zero-order valence-electron chi connectivity index (χ0n) is 11.1. The molecule has 0 aliphatic carbocycles. The second kappa shape index (κ2) is 5.96. The Hall–Kier alpha value is -1.48. The molecule has 1 aliphatic rings. The number of alkyl halides is 3. The van der Waals surface area contributed by atoms with Gasteiger partial charge in [-0.1, -0.05) is 11.6 Å². The van der Waals surface area contributed by atoms with Gasteiger partial charge in [0, 0.05) is 11.7 Å². The average Bonchev–Trinajstić information content (AvgIpc) is 2.69. The van der Waals surface area contributed by atoms with Gasteiger partial charge in [-0.3, -0.25) is 0 Å². The number of amides is 2. The first-order valence-corrected chi connectivity index (χ1v) is 8.41. The third kappa shape index (κ3) is 4.26. The van der Waals surface area contributed by atoms with Crippen molar-refractivity contribution in [3.8, 4) is 0 Å². The van der Waals surface area contributed by atoms with Crippen LogP contribution in [0.2, 0.25) is 5.02 Å². The van der Waals surface area contributed by atoms with Gasteiger partial charge < -0.3 is 10.6 Å². The van der Waals surface area contributed by atoms with E-state index in [1.807, 2.05) is 0 Å². The normalized spacial score (nSPS) is 20.6. The maximum absolute atomic E-state index is 12.7. The number of nitrogens with one attached hydrogen (secondary N) is 2. The molecule has 1 saturated heterocycles. The molecule has 1 unspecified atom stereocenters. The van der Waals surface area contributed by atoms with Crippen LogP contribution in [0.25, 0.3) is 0 Å². The fourth-order valence-corrected chi connectivity index (χ4v) is 3.98. The molecular formula is C12H12ClF3N2O3S. The van der Waals surface area contributed by atoms with Crippen molar-refractivity contribution in [3.05, 3.63) is 28.8 Å². The van der Waals surface area contributed by atoms with Crippen LogP contribution in [-0.2, 0) is 16.0 Å². The van der Waals surface area contributed by atoms with Gasteiger partial charge >= 0.3 is 12.2 Å². The van der Waals surface area contributed by atoms with E-state index in [0.29, 0.717) is 6.07 Å². The van der Waals surface area contributed by atoms with E-state index in [0.717, 1.165) is 6.07 Å². The molecule has 0 saturated carbocycles. The maximum Gasteiger partial charge on any atom is 0.417 e. The summed E-state index contributed by atoms with van der Waals surface area (Å²) in [4.78, 5) is 11.7. The minimum Gasteiger partial charge on any atom is -0.334 e. The van der Waals surface area contributed by atoms with E-state index in [1.165, 1.54) is 6.07 Å². The highest BCUT2D eigenvalue weighted by Gasteiger charge is 2.33. The highest BCUT2D eigenvalue weighted by atomic mass is 35.5. The summed E-state index contributed by atoms with van der Waals surface area (Å²) in [5, 5.41) is 4.17. The molecule has 1 fully saturated rings. The van der Waals surface area contributed by atoms with Gasteiger partial charge in [0.2, 0.25) is 0 Å². The second-order valence-electron chi connectivity index (χ2n) is 4.89. The number of hydrogen-bond acceptors (Lipinski definition) is 3. The molecule has 0 aromatic heterocycles. The number of halogens is 4. The molecule has 2 rings (SSSR count). The van der Waals surface area contributed by atoms with Crippen LogP contribution < -0.4 is 10.6 Å². The Bertz CT molecular complexity index is 691. The maximum atomic E-state index is 12.7. The summed E-state index contributed by atoms with van der Waals surface area (Å²) in [6.45, 7) is 0. The molecule has 10 heteroatoms. The van der Waals surface area contributed by atoms with Gasteiger partial charge in [-0.2, -0.15) is 13.2 Å². The van der Waals surface area contributed by atoms with Gasteiger partial charge in [-0.25, -0.2) is 13.2 Å². The molecule has 1 aromatic rings. The summed E-state index contributed by atoms with van der Waals surface area (Å²) in [5.41, 5.74) is -1.15. The van der Waals surface area contributed by atoms with Crippen molar-refractivity contribution in [1.82, 2.24) is 5.32 Å². The topological polar surface area (TPSA) is 75.3 Å². The lowest BCUT2D eigenvalue weighted by Gasteiger charge is -2.14. The van der Waals surface area contributed by atoms with Crippen LogP contribution in [-0.4, -0.2) is 32.0 Å². The lowest BCUT2D eigenvalue weighted by Crippen LogP contribution is -2.38. The first-order valence-electron chi connectivity index (χ1n) is 6.21. The van der Waals surface area contributed by atoms with Crippen molar-refractivity contribution < 1.29 is 26.4 Å². The molecule has 22 heavy (non-hydrogen) atoms. The number of benzene rings is 1. The standard InChI is InChI=1S/C12H12ClF3N2O3S/c13-10-2-1-7(5-9(10)12(14,15)16)17-11(19)18-8-3-4-22(20,21)6-8/h1-2,5,8H,3-4,6H2,(H2,17,18,19). The SMILES string of the molecule is O=C(Nc1ccc(Cl)c(C(F)(F)F)c1)NC1CCS(=O)(=O)C1. The third-order valence-corrected chi connectivity index (χ3v) is 5.19. The fraction of sp³-hybridized carbons (Fsp3) is 0.417. The van der Waals surface area contributed by atoms with E-state index < -0.39 is 38.7 Å². The van der Waals surface area contributed by atoms with Gasteiger partial charge in [-0.15, -0.1) is 0 Å². The van der Waals surface area contributed by atoms with Crippen LogP contribution in [0, 0.1) is 0 Å². The largest absolute Gasteiger partial charge is 0.417 e. The van der Waals surface area contributed by atoms with Crippen molar-refractivity contribution in [2.24, 2.45) is 0 Å². The van der Waals surface area contributed by atoms with Crippen LogP contribution in [0.1, 0.15) is 12.0 Å². The minimum atomic E-state index is -4.63. The zero-order valence-corrected chi connectivity index (χ0v) is 12.6. The Morgan fingerprint density at radius 2 is 2.00 bits per heavy atom. The summed E-state index contributed by atoms with van der Waals surface area (Å²) in [6, 6.07) is 1.66. The summed E-state index contributed by atoms with van der Waals surface area (Å²) in [6.07, 6.45) is -4.35. The average molecular weight is 357 g/mol. The van der Waals surface area contributed by atoms with Gasteiger partial charge in [0.15, 0.2) is 9.84 Å². The molecule has 2 N–H and O–H groups in total. The molecule has 1 aromatic carbocycles. The number of carbonyl (C=O) groups is 1. The molecule has 1 atom stereocenters. The quantitative estimate of drug-likeness (QED) is 0.855. The van der Waals surface area contributed by atoms with Crippen molar-refractivity contribution in [2.75, 3.05) is 16.8 Å². The highest BCUT2D eigenvalue weighted by Crippen LogP contribution is 2.36. The Balaban J connectivity index is 2.03. The van der Waals surface area contributed by atoms with Crippen molar-refractivity contribution >= 4 is 33.2 Å². The number of sulfone groups is 1. The Morgan fingerprint density at radius 1 is 1.32 bits per heavy atom. The molecular weight excluding hydrogens is 345 g/mol. The summed E-state index contributed by atoms with van der Waals surface area (Å²) in [7, 11) is -3.15. The Morgan fingerprint density at radius 3 is 2.55 bits per heavy atom. The Kier molecular flexibility index (Phi) is 4.57. The van der Waals surface area contributed by atoms with Gasteiger partial charge in [0.25, 0.3) is 0 Å². The fourth-order valence-electron chi connectivity index (χ4n) is 2.08. The predicted octanol–water partition coefficient (Wildman–Crippen LogP) is 2.67. The molecule has 2 amide bonds. The smallest absolute Gasteiger partial charge is 0.334 e. The van der Waals surface area contributed by atoms with E-state index in [4.69, 9.17) is 11.6 Å². The zero-order chi connectivity index (χ0) is 16.5. The lowest BCUT2D eigenvalue weighted by atomic mass is 10.2. The van der Waals surface area contributed by atoms with Gasteiger partial charge in [-0.05, 0) is 24.6 Å². The predicted molar refractivity (Wildman–Crippen MR) is 75.7 cm³/mol. The van der Waals surface area contributed by atoms with E-state index in [9.17, 15) is 26.4 Å². The van der Waals surface area contributed by atoms with Gasteiger partial charge in [0.1, 0.15) is 0 Å². The number of carbonyl (C=O) groups excluding carboxylic acids is 1. The first kappa shape index (κ1) is 16.9. The van der Waals surface area contributed by atoms with Crippen molar-refractivity contribution in [3.63, 3.8) is 0 Å². The van der Waals surface area contributed by atoms with Crippen LogP contribution in [0.3, 0.4) is 0 Å². The van der Waals surface area contributed by atoms with Crippen molar-refractivity contribution in [2.45, 2.75) is 18.6 Å².